The zero-order chi connectivity index (χ0) is 11.5. The van der Waals surface area contributed by atoms with Crippen LogP contribution < -0.4 is 5.32 Å². The quantitative estimate of drug-likeness (QED) is 0.751. The Labute approximate surface area is 91.2 Å². The molecule has 0 spiro atoms. The van der Waals surface area contributed by atoms with E-state index in [4.69, 9.17) is 5.26 Å². The van der Waals surface area contributed by atoms with Crippen molar-refractivity contribution in [1.29, 1.82) is 5.26 Å². The molecule has 1 aliphatic heterocycles. The number of nitrogens with one attached hydrogen (secondary N) is 1. The number of amides is 1. The van der Waals surface area contributed by atoms with Gasteiger partial charge in [0.25, 0.3) is 0 Å². The molecule has 0 aromatic heterocycles. The molecule has 0 radical (unpaired) electrons. The Hall–Kier alpha value is -1.08. The van der Waals surface area contributed by atoms with Gasteiger partial charge in [0.05, 0.1) is 12.5 Å². The van der Waals surface area contributed by atoms with Crippen molar-refractivity contribution >= 4 is 5.91 Å². The van der Waals surface area contributed by atoms with Crippen LogP contribution in [0.25, 0.3) is 0 Å². The van der Waals surface area contributed by atoms with E-state index in [0.717, 1.165) is 19.5 Å². The zero-order valence-electron chi connectivity index (χ0n) is 9.71. The van der Waals surface area contributed by atoms with E-state index in [1.165, 1.54) is 0 Å². The molecule has 4 nitrogen and oxygen atoms in total. The summed E-state index contributed by atoms with van der Waals surface area (Å²) >= 11 is 0. The summed E-state index contributed by atoms with van der Waals surface area (Å²) in [6.45, 7) is 7.69. The van der Waals surface area contributed by atoms with Crippen LogP contribution in [0.5, 0.6) is 0 Å². The Morgan fingerprint density at radius 2 is 2.33 bits per heavy atom. The number of carbonyl (C=O) groups is 1. The smallest absolute Gasteiger partial charge is 0.240 e. The molecule has 1 N–H and O–H groups in total. The highest BCUT2D eigenvalue weighted by atomic mass is 16.2. The average molecular weight is 209 g/mol. The Bertz CT molecular complexity index is 280. The van der Waals surface area contributed by atoms with Crippen LogP contribution in [-0.2, 0) is 4.79 Å². The largest absolute Gasteiger partial charge is 0.339 e. The highest BCUT2D eigenvalue weighted by Gasteiger charge is 2.37. The van der Waals surface area contributed by atoms with E-state index >= 15 is 0 Å². The van der Waals surface area contributed by atoms with E-state index in [-0.39, 0.29) is 23.9 Å². The van der Waals surface area contributed by atoms with Gasteiger partial charge in [-0.2, -0.15) is 5.26 Å². The summed E-state index contributed by atoms with van der Waals surface area (Å²) < 4.78 is 0. The average Bonchev–Trinajstić information content (AvgIpc) is 2.13. The first-order chi connectivity index (χ1) is 7.00. The van der Waals surface area contributed by atoms with E-state index < -0.39 is 0 Å². The summed E-state index contributed by atoms with van der Waals surface area (Å²) in [6, 6.07) is 1.73. The van der Waals surface area contributed by atoms with E-state index in [1.807, 2.05) is 4.90 Å². The van der Waals surface area contributed by atoms with Crippen molar-refractivity contribution in [1.82, 2.24) is 10.2 Å². The predicted octanol–water partition coefficient (Wildman–Crippen LogP) is 0.889. The number of hydrogen-bond acceptors (Lipinski definition) is 3. The lowest BCUT2D eigenvalue weighted by Crippen LogP contribution is -2.64. The number of rotatable bonds is 3. The van der Waals surface area contributed by atoms with Gasteiger partial charge in [-0.25, -0.2) is 0 Å². The summed E-state index contributed by atoms with van der Waals surface area (Å²) in [5.41, 5.74) is -0.0927. The Morgan fingerprint density at radius 3 is 2.87 bits per heavy atom. The molecular formula is C11H19N3O. The Balaban J connectivity index is 2.75. The third-order valence-electron chi connectivity index (χ3n) is 2.55. The lowest BCUT2D eigenvalue weighted by Gasteiger charge is -2.42. The molecule has 1 heterocycles. The molecule has 15 heavy (non-hydrogen) atoms. The standard InChI is InChI=1S/C11H19N3O/c1-4-7-14-8-11(2,3)13-9(5-6-12)10(14)15/h9,13H,4-5,7-8H2,1-3H3. The third-order valence-corrected chi connectivity index (χ3v) is 2.55. The van der Waals surface area contributed by atoms with Crippen LogP contribution in [-0.4, -0.2) is 35.5 Å². The van der Waals surface area contributed by atoms with Crippen LogP contribution in [0, 0.1) is 11.3 Å². The lowest BCUT2D eigenvalue weighted by atomic mass is 9.96. The summed E-state index contributed by atoms with van der Waals surface area (Å²) in [5, 5.41) is 11.9. The minimum absolute atomic E-state index is 0.0673. The molecule has 84 valence electrons. The third kappa shape index (κ3) is 2.93. The number of nitriles is 1. The van der Waals surface area contributed by atoms with Gasteiger partial charge in [0.1, 0.15) is 6.04 Å². The van der Waals surface area contributed by atoms with Crippen LogP contribution in [0.4, 0.5) is 0 Å². The van der Waals surface area contributed by atoms with Crippen molar-refractivity contribution in [3.63, 3.8) is 0 Å². The fraction of sp³-hybridized carbons (Fsp3) is 0.818. The molecule has 0 saturated carbocycles. The van der Waals surface area contributed by atoms with Gasteiger partial charge >= 0.3 is 0 Å². The fourth-order valence-electron chi connectivity index (χ4n) is 2.04. The molecule has 1 amide bonds. The van der Waals surface area contributed by atoms with Crippen LogP contribution in [0.2, 0.25) is 0 Å². The Kier molecular flexibility index (Phi) is 3.70. The molecule has 1 unspecified atom stereocenters. The molecule has 1 atom stereocenters. The highest BCUT2D eigenvalue weighted by molar-refractivity contribution is 5.83. The summed E-state index contributed by atoms with van der Waals surface area (Å²) in [5.74, 6) is 0.0673. The van der Waals surface area contributed by atoms with E-state index in [9.17, 15) is 4.79 Å². The molecule has 1 rings (SSSR count). The van der Waals surface area contributed by atoms with Crippen molar-refractivity contribution in [3.8, 4) is 6.07 Å². The van der Waals surface area contributed by atoms with Gasteiger partial charge in [-0.3, -0.25) is 10.1 Å². The molecule has 1 aliphatic rings. The molecule has 1 saturated heterocycles. The van der Waals surface area contributed by atoms with Crippen molar-refractivity contribution < 1.29 is 4.79 Å². The predicted molar refractivity (Wildman–Crippen MR) is 58.1 cm³/mol. The van der Waals surface area contributed by atoms with Gasteiger partial charge < -0.3 is 4.90 Å². The number of nitrogens with zero attached hydrogens (tertiary/aromatic N) is 2. The number of hydrogen-bond donors (Lipinski definition) is 1. The maximum absolute atomic E-state index is 11.9. The Morgan fingerprint density at radius 1 is 1.67 bits per heavy atom. The number of carbonyl (C=O) groups excluding carboxylic acids is 1. The van der Waals surface area contributed by atoms with Crippen molar-refractivity contribution in [3.05, 3.63) is 0 Å². The monoisotopic (exact) mass is 209 g/mol. The van der Waals surface area contributed by atoms with Gasteiger partial charge in [-0.1, -0.05) is 6.92 Å². The van der Waals surface area contributed by atoms with Gasteiger partial charge in [-0.15, -0.1) is 0 Å². The first kappa shape index (κ1) is 12.0. The van der Waals surface area contributed by atoms with Crippen molar-refractivity contribution in [2.45, 2.75) is 45.2 Å². The summed E-state index contributed by atoms with van der Waals surface area (Å²) in [7, 11) is 0. The highest BCUT2D eigenvalue weighted by Crippen LogP contribution is 2.16. The fourth-order valence-corrected chi connectivity index (χ4v) is 2.04. The number of piperazine rings is 1. The second-order valence-electron chi connectivity index (χ2n) is 4.70. The van der Waals surface area contributed by atoms with Gasteiger partial charge in [0.2, 0.25) is 5.91 Å². The molecule has 1 fully saturated rings. The molecule has 4 heteroatoms. The van der Waals surface area contributed by atoms with Gasteiger partial charge in [0.15, 0.2) is 0 Å². The van der Waals surface area contributed by atoms with E-state index in [2.05, 4.69) is 32.2 Å². The first-order valence-corrected chi connectivity index (χ1v) is 5.43. The van der Waals surface area contributed by atoms with Crippen LogP contribution in [0.3, 0.4) is 0 Å². The van der Waals surface area contributed by atoms with Crippen molar-refractivity contribution in [2.75, 3.05) is 13.1 Å². The topological polar surface area (TPSA) is 56.1 Å². The molecular weight excluding hydrogens is 190 g/mol. The van der Waals surface area contributed by atoms with Crippen molar-refractivity contribution in [2.24, 2.45) is 0 Å². The van der Waals surface area contributed by atoms with E-state index in [0.29, 0.717) is 0 Å². The van der Waals surface area contributed by atoms with E-state index in [1.54, 1.807) is 0 Å². The van der Waals surface area contributed by atoms with Gasteiger partial charge in [-0.05, 0) is 20.3 Å². The SMILES string of the molecule is CCCN1CC(C)(C)NC(CC#N)C1=O. The second kappa shape index (κ2) is 4.63. The minimum Gasteiger partial charge on any atom is -0.339 e. The molecule has 0 bridgehead atoms. The first-order valence-electron chi connectivity index (χ1n) is 5.43. The summed E-state index contributed by atoms with van der Waals surface area (Å²) in [4.78, 5) is 13.8. The minimum atomic E-state index is -0.328. The van der Waals surface area contributed by atoms with Crippen LogP contribution in [0.15, 0.2) is 0 Å². The second-order valence-corrected chi connectivity index (χ2v) is 4.70. The summed E-state index contributed by atoms with van der Waals surface area (Å²) in [6.07, 6.45) is 1.21. The van der Waals surface area contributed by atoms with Crippen LogP contribution in [0.1, 0.15) is 33.6 Å². The zero-order valence-corrected chi connectivity index (χ0v) is 9.71. The maximum Gasteiger partial charge on any atom is 0.240 e. The van der Waals surface area contributed by atoms with Gasteiger partial charge in [0, 0.05) is 18.6 Å². The molecule has 0 aromatic carbocycles. The maximum atomic E-state index is 11.9. The molecule has 0 aliphatic carbocycles. The van der Waals surface area contributed by atoms with Crippen LogP contribution >= 0.6 is 0 Å². The normalized spacial score (nSPS) is 25.1. The lowest BCUT2D eigenvalue weighted by molar-refractivity contribution is -0.138. The molecule has 0 aromatic rings.